The third kappa shape index (κ3) is 3.37. The minimum atomic E-state index is -0.677. The van der Waals surface area contributed by atoms with Crippen molar-refractivity contribution in [2.24, 2.45) is 0 Å². The lowest BCUT2D eigenvalue weighted by Crippen LogP contribution is -2.29. The summed E-state index contributed by atoms with van der Waals surface area (Å²) in [6.07, 6.45) is 5.31. The number of carbonyl (C=O) groups excluding carboxylic acids is 2. The van der Waals surface area contributed by atoms with E-state index in [1.165, 1.54) is 14.2 Å². The van der Waals surface area contributed by atoms with E-state index in [9.17, 15) is 9.59 Å². The molecule has 1 aliphatic carbocycles. The van der Waals surface area contributed by atoms with E-state index in [2.05, 4.69) is 27.2 Å². The van der Waals surface area contributed by atoms with Crippen molar-refractivity contribution in [1.29, 1.82) is 0 Å². The van der Waals surface area contributed by atoms with Gasteiger partial charge < -0.3 is 19.5 Å². The third-order valence-electron chi connectivity index (χ3n) is 5.56. The van der Waals surface area contributed by atoms with Crippen LogP contribution >= 0.6 is 15.9 Å². The lowest BCUT2D eigenvalue weighted by Gasteiger charge is -2.30. The van der Waals surface area contributed by atoms with Crippen LogP contribution in [0.2, 0.25) is 0 Å². The Morgan fingerprint density at radius 2 is 1.91 bits per heavy atom. The normalized spacial score (nSPS) is 16.7. The summed E-state index contributed by atoms with van der Waals surface area (Å²) >= 11 is 3.59. The number of methoxy groups -OCH3 is 2. The first-order valence-electron chi connectivity index (χ1n) is 9.81. The molecule has 0 spiro atoms. The van der Waals surface area contributed by atoms with E-state index >= 15 is 0 Å². The summed E-state index contributed by atoms with van der Waals surface area (Å²) in [7, 11) is 2.84. The fraction of sp³-hybridized carbons (Fsp3) is 0.200. The predicted octanol–water partition coefficient (Wildman–Crippen LogP) is 4.21. The number of fused-ring (bicyclic) bond motifs is 2. The molecule has 1 aliphatic heterocycles. The Labute approximate surface area is 194 Å². The van der Waals surface area contributed by atoms with Crippen LogP contribution < -0.4 is 14.8 Å². The van der Waals surface area contributed by atoms with Crippen molar-refractivity contribution in [3.63, 3.8) is 0 Å². The molecule has 2 aliphatic rings. The number of rotatable bonds is 5. The maximum Gasteiger partial charge on any atom is 0.336 e. The van der Waals surface area contributed by atoms with Crippen LogP contribution in [0, 0.1) is 12.3 Å². The van der Waals surface area contributed by atoms with E-state index < -0.39 is 11.9 Å². The fourth-order valence-corrected chi connectivity index (χ4v) is 4.74. The second kappa shape index (κ2) is 8.56. The number of benzene rings is 2. The highest BCUT2D eigenvalue weighted by Crippen LogP contribution is 2.49. The van der Waals surface area contributed by atoms with Crippen LogP contribution in [0.25, 0.3) is 5.70 Å². The van der Waals surface area contributed by atoms with Gasteiger partial charge >= 0.3 is 5.97 Å². The summed E-state index contributed by atoms with van der Waals surface area (Å²) in [5.74, 6) is 1.97. The number of esters is 1. The van der Waals surface area contributed by atoms with Crippen molar-refractivity contribution in [3.05, 3.63) is 74.4 Å². The number of ketones is 1. The monoisotopic (exact) mass is 493 g/mol. The van der Waals surface area contributed by atoms with Gasteiger partial charge in [0.2, 0.25) is 0 Å². The van der Waals surface area contributed by atoms with Gasteiger partial charge in [0.05, 0.1) is 31.4 Å². The molecule has 32 heavy (non-hydrogen) atoms. The number of ether oxygens (including phenoxy) is 3. The van der Waals surface area contributed by atoms with Crippen molar-refractivity contribution < 1.29 is 23.8 Å². The number of halogens is 1. The molecular weight excluding hydrogens is 474 g/mol. The standard InChI is InChI=1S/C25H20BrNO5/c1-5-10-32-19-12-17(26)16(11-18(19)30-3)21-20(25(29)31-4)13(2)27-23-14-8-6-7-9-15(14)24(28)22(21)23/h1,6-9,11-12,21,27H,10H2,2-4H3/t21-/m1/s1. The molecule has 6 nitrogen and oxygen atoms in total. The van der Waals surface area contributed by atoms with Crippen LogP contribution in [-0.2, 0) is 9.53 Å². The van der Waals surface area contributed by atoms with Crippen molar-refractivity contribution in [2.45, 2.75) is 12.8 Å². The number of hydrogen-bond acceptors (Lipinski definition) is 6. The second-order valence-corrected chi connectivity index (χ2v) is 8.12. The molecule has 0 fully saturated rings. The first-order valence-corrected chi connectivity index (χ1v) is 10.6. The number of carbonyl (C=O) groups is 2. The highest BCUT2D eigenvalue weighted by molar-refractivity contribution is 9.10. The molecule has 0 saturated heterocycles. The Hall–Kier alpha value is -3.50. The molecule has 0 aromatic heterocycles. The van der Waals surface area contributed by atoms with Gasteiger partial charge in [-0.15, -0.1) is 6.42 Å². The van der Waals surface area contributed by atoms with Crippen molar-refractivity contribution in [2.75, 3.05) is 20.8 Å². The molecule has 0 amide bonds. The topological polar surface area (TPSA) is 73.9 Å². The highest BCUT2D eigenvalue weighted by Gasteiger charge is 2.43. The summed E-state index contributed by atoms with van der Waals surface area (Å²) in [6.45, 7) is 1.87. The van der Waals surface area contributed by atoms with E-state index in [-0.39, 0.29) is 12.4 Å². The smallest absolute Gasteiger partial charge is 0.336 e. The molecule has 1 atom stereocenters. The Kier molecular flexibility index (Phi) is 5.81. The highest BCUT2D eigenvalue weighted by atomic mass is 79.9. The molecule has 162 valence electrons. The van der Waals surface area contributed by atoms with Gasteiger partial charge in [0, 0.05) is 26.9 Å². The Balaban J connectivity index is 1.95. The van der Waals surface area contributed by atoms with Gasteiger partial charge in [0.25, 0.3) is 0 Å². The zero-order valence-electron chi connectivity index (χ0n) is 17.7. The van der Waals surface area contributed by atoms with Gasteiger partial charge in [0.15, 0.2) is 17.3 Å². The molecule has 1 N–H and O–H groups in total. The molecule has 0 bridgehead atoms. The molecule has 0 unspecified atom stereocenters. The number of nitrogens with one attached hydrogen (secondary N) is 1. The maximum atomic E-state index is 13.5. The molecular formula is C25H20BrNO5. The lowest BCUT2D eigenvalue weighted by molar-refractivity contribution is -0.136. The average molecular weight is 494 g/mol. The molecule has 2 aromatic carbocycles. The minimum absolute atomic E-state index is 0.0744. The van der Waals surface area contributed by atoms with Crippen molar-refractivity contribution in [1.82, 2.24) is 5.32 Å². The summed E-state index contributed by atoms with van der Waals surface area (Å²) in [4.78, 5) is 26.3. The fourth-order valence-electron chi connectivity index (χ4n) is 4.18. The summed E-state index contributed by atoms with van der Waals surface area (Å²) < 4.78 is 16.8. The molecule has 0 radical (unpaired) electrons. The summed E-state index contributed by atoms with van der Waals surface area (Å²) in [5.41, 5.74) is 4.21. The number of Topliss-reactive ketones (excluding diaryl/α,β-unsaturated/α-hetero) is 1. The summed E-state index contributed by atoms with van der Waals surface area (Å²) in [6, 6.07) is 10.9. The number of terminal acetylenes is 1. The summed E-state index contributed by atoms with van der Waals surface area (Å²) in [5, 5.41) is 3.26. The van der Waals surface area contributed by atoms with Gasteiger partial charge in [-0.25, -0.2) is 4.79 Å². The van der Waals surface area contributed by atoms with Crippen LogP contribution in [0.4, 0.5) is 0 Å². The van der Waals surface area contributed by atoms with Gasteiger partial charge in [0.1, 0.15) is 6.61 Å². The minimum Gasteiger partial charge on any atom is -0.493 e. The molecule has 4 rings (SSSR count). The Bertz CT molecular complexity index is 1250. The molecule has 0 saturated carbocycles. The van der Waals surface area contributed by atoms with E-state index in [1.54, 1.807) is 25.1 Å². The third-order valence-corrected chi connectivity index (χ3v) is 6.25. The SMILES string of the molecule is C#CCOc1cc(Br)c([C@@H]2C(C(=O)OC)=C(C)NC3=C2C(=O)c2ccccc23)cc1OC. The van der Waals surface area contributed by atoms with Crippen LogP contribution in [0.1, 0.15) is 34.3 Å². The number of allylic oxidation sites excluding steroid dienone is 2. The van der Waals surface area contributed by atoms with E-state index in [0.717, 1.165) is 5.56 Å². The number of hydrogen-bond donors (Lipinski definition) is 1. The Morgan fingerprint density at radius 3 is 2.56 bits per heavy atom. The Morgan fingerprint density at radius 1 is 1.19 bits per heavy atom. The predicted molar refractivity (Wildman–Crippen MR) is 123 cm³/mol. The van der Waals surface area contributed by atoms with Gasteiger partial charge in [-0.1, -0.05) is 46.1 Å². The van der Waals surface area contributed by atoms with E-state index in [4.69, 9.17) is 20.6 Å². The molecule has 1 heterocycles. The van der Waals surface area contributed by atoms with Crippen LogP contribution in [-0.4, -0.2) is 32.6 Å². The molecule has 2 aromatic rings. The largest absolute Gasteiger partial charge is 0.493 e. The molecule has 7 heteroatoms. The van der Waals surface area contributed by atoms with Crippen LogP contribution in [0.5, 0.6) is 11.5 Å². The lowest BCUT2D eigenvalue weighted by atomic mass is 9.79. The van der Waals surface area contributed by atoms with Gasteiger partial charge in [-0.05, 0) is 24.6 Å². The first-order chi connectivity index (χ1) is 15.4. The van der Waals surface area contributed by atoms with E-state index in [1.807, 2.05) is 18.2 Å². The van der Waals surface area contributed by atoms with E-state index in [0.29, 0.717) is 49.6 Å². The van der Waals surface area contributed by atoms with Gasteiger partial charge in [-0.2, -0.15) is 0 Å². The second-order valence-electron chi connectivity index (χ2n) is 7.27. The first kappa shape index (κ1) is 21.7. The average Bonchev–Trinajstić information content (AvgIpc) is 3.08. The number of dihydropyridines is 1. The maximum absolute atomic E-state index is 13.5. The quantitative estimate of drug-likeness (QED) is 0.496. The van der Waals surface area contributed by atoms with Crippen molar-refractivity contribution >= 4 is 33.4 Å². The van der Waals surface area contributed by atoms with Gasteiger partial charge in [-0.3, -0.25) is 4.79 Å². The van der Waals surface area contributed by atoms with Crippen molar-refractivity contribution in [3.8, 4) is 23.8 Å². The van der Waals surface area contributed by atoms with Crippen LogP contribution in [0.3, 0.4) is 0 Å². The van der Waals surface area contributed by atoms with Crippen LogP contribution in [0.15, 0.2) is 57.7 Å². The zero-order chi connectivity index (χ0) is 23.0. The zero-order valence-corrected chi connectivity index (χ0v) is 19.3.